The molecule has 2 aliphatic heterocycles. The summed E-state index contributed by atoms with van der Waals surface area (Å²) in [7, 11) is 0. The van der Waals surface area contributed by atoms with Gasteiger partial charge in [0.2, 0.25) is 11.8 Å². The molecule has 0 spiro atoms. The van der Waals surface area contributed by atoms with Crippen LogP contribution in [0.4, 0.5) is 0 Å². The fourth-order valence-electron chi connectivity index (χ4n) is 2.42. The van der Waals surface area contributed by atoms with E-state index < -0.39 is 23.8 Å². The molecule has 0 saturated carbocycles. The van der Waals surface area contributed by atoms with Crippen LogP contribution in [0.25, 0.3) is 0 Å². The first kappa shape index (κ1) is 18.9. The molecule has 124 valence electrons. The first-order valence-corrected chi connectivity index (χ1v) is 8.24. The number of thiol groups is 1. The lowest BCUT2D eigenvalue weighted by Gasteiger charge is -2.27. The molecule has 1 aromatic rings. The molecule has 0 radical (unpaired) electrons. The van der Waals surface area contributed by atoms with Crippen LogP contribution in [0.3, 0.4) is 0 Å². The summed E-state index contributed by atoms with van der Waals surface area (Å²) < 4.78 is 0. The van der Waals surface area contributed by atoms with E-state index in [1.54, 1.807) is 30.5 Å². The van der Waals surface area contributed by atoms with Crippen molar-refractivity contribution >= 4 is 36.3 Å². The fourth-order valence-corrected chi connectivity index (χ4v) is 2.42. The van der Waals surface area contributed by atoms with Gasteiger partial charge in [0.25, 0.3) is 11.8 Å². The smallest absolute Gasteiger partial charge is 0.262 e. The van der Waals surface area contributed by atoms with E-state index in [2.05, 4.69) is 17.9 Å². The van der Waals surface area contributed by atoms with Gasteiger partial charge in [0.1, 0.15) is 6.04 Å². The molecular formula is C16H20N2O4S. The summed E-state index contributed by atoms with van der Waals surface area (Å²) in [6, 6.07) is 5.55. The monoisotopic (exact) mass is 336 g/mol. The molecule has 1 atom stereocenters. The van der Waals surface area contributed by atoms with E-state index in [4.69, 9.17) is 0 Å². The van der Waals surface area contributed by atoms with Crippen molar-refractivity contribution in [3.63, 3.8) is 0 Å². The van der Waals surface area contributed by atoms with Gasteiger partial charge in [-0.2, -0.15) is 12.6 Å². The fraction of sp³-hybridized carbons (Fsp3) is 0.375. The zero-order valence-corrected chi connectivity index (χ0v) is 14.2. The Bertz CT molecular complexity index is 595. The zero-order valence-electron chi connectivity index (χ0n) is 13.3. The molecule has 0 aliphatic carbocycles. The van der Waals surface area contributed by atoms with Crippen LogP contribution in [-0.4, -0.2) is 40.8 Å². The second-order valence-electron chi connectivity index (χ2n) is 4.49. The van der Waals surface area contributed by atoms with E-state index in [-0.39, 0.29) is 18.7 Å². The van der Waals surface area contributed by atoms with Gasteiger partial charge in [0.15, 0.2) is 0 Å². The number of imide groups is 2. The summed E-state index contributed by atoms with van der Waals surface area (Å²) in [5.74, 6) is -1.92. The van der Waals surface area contributed by atoms with Crippen LogP contribution in [0.5, 0.6) is 0 Å². The van der Waals surface area contributed by atoms with Crippen LogP contribution in [-0.2, 0) is 9.59 Å². The first-order chi connectivity index (χ1) is 11.1. The maximum absolute atomic E-state index is 12.2. The number of amides is 4. The molecule has 0 bridgehead atoms. The highest BCUT2D eigenvalue weighted by atomic mass is 32.1. The second-order valence-corrected chi connectivity index (χ2v) is 4.49. The average Bonchev–Trinajstić information content (AvgIpc) is 2.84. The first-order valence-electron chi connectivity index (χ1n) is 7.35. The number of benzene rings is 1. The van der Waals surface area contributed by atoms with E-state index in [1.807, 2.05) is 13.8 Å². The number of nitrogens with zero attached hydrogens (tertiary/aromatic N) is 1. The van der Waals surface area contributed by atoms with Gasteiger partial charge in [-0.1, -0.05) is 26.0 Å². The third-order valence-corrected chi connectivity index (χ3v) is 3.35. The quantitative estimate of drug-likeness (QED) is 0.603. The summed E-state index contributed by atoms with van der Waals surface area (Å²) in [5.41, 5.74) is 0.606. The Hall–Kier alpha value is -2.15. The van der Waals surface area contributed by atoms with Gasteiger partial charge in [-0.05, 0) is 24.8 Å². The van der Waals surface area contributed by atoms with Crippen LogP contribution in [0.2, 0.25) is 0 Å². The number of nitrogens with one attached hydrogen (secondary N) is 1. The van der Waals surface area contributed by atoms with Gasteiger partial charge in [0.05, 0.1) is 11.1 Å². The number of rotatable bonds is 1. The Morgan fingerprint density at radius 1 is 1.00 bits per heavy atom. The third-order valence-electron chi connectivity index (χ3n) is 3.35. The van der Waals surface area contributed by atoms with Crippen LogP contribution in [0.1, 0.15) is 47.4 Å². The Morgan fingerprint density at radius 2 is 1.48 bits per heavy atom. The number of carbonyl (C=O) groups is 4. The van der Waals surface area contributed by atoms with Crippen molar-refractivity contribution in [2.45, 2.75) is 32.7 Å². The maximum Gasteiger partial charge on any atom is 0.262 e. The van der Waals surface area contributed by atoms with Crippen LogP contribution in [0.15, 0.2) is 24.3 Å². The van der Waals surface area contributed by atoms with Crippen LogP contribution >= 0.6 is 12.6 Å². The van der Waals surface area contributed by atoms with E-state index >= 15 is 0 Å². The molecule has 3 rings (SSSR count). The summed E-state index contributed by atoms with van der Waals surface area (Å²) in [6.45, 7) is 4.00. The summed E-state index contributed by atoms with van der Waals surface area (Å²) >= 11 is 3.53. The number of carbonyl (C=O) groups excluding carboxylic acids is 4. The predicted octanol–water partition coefficient (Wildman–Crippen LogP) is 1.66. The average molecular weight is 336 g/mol. The minimum Gasteiger partial charge on any atom is -0.295 e. The zero-order chi connectivity index (χ0) is 17.6. The standard InChI is InChI=1S/C13H10N2O4.C2H6.CH4S/c16-10-6-5-9(11(17)14-10)15-12(18)7-3-1-2-4-8(7)13(15)19;2*1-2/h1-4,9H,5-6H2,(H,14,16,17);1-2H3;2H,1H3. The number of hydrogen-bond donors (Lipinski definition) is 2. The Kier molecular flexibility index (Phi) is 6.96. The molecule has 1 saturated heterocycles. The number of hydrogen-bond acceptors (Lipinski definition) is 5. The minimum atomic E-state index is -0.898. The summed E-state index contributed by atoms with van der Waals surface area (Å²) in [6.07, 6.45) is 2.00. The van der Waals surface area contributed by atoms with Crippen molar-refractivity contribution < 1.29 is 19.2 Å². The van der Waals surface area contributed by atoms with E-state index in [9.17, 15) is 19.2 Å². The van der Waals surface area contributed by atoms with Gasteiger partial charge >= 0.3 is 0 Å². The lowest BCUT2D eigenvalue weighted by molar-refractivity contribution is -0.136. The van der Waals surface area contributed by atoms with Crippen molar-refractivity contribution in [1.82, 2.24) is 10.2 Å². The van der Waals surface area contributed by atoms with E-state index in [1.165, 1.54) is 0 Å². The number of fused-ring (bicyclic) bond motifs is 1. The summed E-state index contributed by atoms with van der Waals surface area (Å²) in [5, 5.41) is 2.15. The van der Waals surface area contributed by atoms with Crippen molar-refractivity contribution in [1.29, 1.82) is 0 Å². The Labute approximate surface area is 140 Å². The molecule has 6 nitrogen and oxygen atoms in total. The highest BCUT2D eigenvalue weighted by Gasteiger charge is 2.44. The molecule has 2 aliphatic rings. The SMILES string of the molecule is CC.CS.O=C1CCC(N2C(=O)c3ccccc3C2=O)C(=O)N1. The van der Waals surface area contributed by atoms with Gasteiger partial charge in [-0.15, -0.1) is 0 Å². The van der Waals surface area contributed by atoms with Crippen LogP contribution in [0, 0.1) is 0 Å². The lowest BCUT2D eigenvalue weighted by atomic mass is 10.0. The molecule has 1 N–H and O–H groups in total. The normalized spacial score (nSPS) is 19.1. The molecular weight excluding hydrogens is 316 g/mol. The molecule has 23 heavy (non-hydrogen) atoms. The van der Waals surface area contributed by atoms with E-state index in [0.29, 0.717) is 11.1 Å². The third kappa shape index (κ3) is 3.61. The molecule has 7 heteroatoms. The van der Waals surface area contributed by atoms with Gasteiger partial charge in [-0.25, -0.2) is 0 Å². The largest absolute Gasteiger partial charge is 0.295 e. The van der Waals surface area contributed by atoms with Crippen molar-refractivity contribution in [3.05, 3.63) is 35.4 Å². The number of piperidine rings is 1. The Balaban J connectivity index is 0.000000615. The molecule has 4 amide bonds. The highest BCUT2D eigenvalue weighted by molar-refractivity contribution is 7.79. The lowest BCUT2D eigenvalue weighted by Crippen LogP contribution is -2.54. The maximum atomic E-state index is 12.2. The van der Waals surface area contributed by atoms with Crippen LogP contribution < -0.4 is 5.32 Å². The topological polar surface area (TPSA) is 83.6 Å². The predicted molar refractivity (Wildman–Crippen MR) is 89.4 cm³/mol. The second kappa shape index (κ2) is 8.47. The van der Waals surface area contributed by atoms with Gasteiger partial charge in [-0.3, -0.25) is 29.4 Å². The molecule has 2 heterocycles. The minimum absolute atomic E-state index is 0.129. The molecule has 1 fully saturated rings. The molecule has 0 aromatic heterocycles. The molecule has 1 unspecified atom stereocenters. The Morgan fingerprint density at radius 3 is 1.91 bits per heavy atom. The highest BCUT2D eigenvalue weighted by Crippen LogP contribution is 2.26. The van der Waals surface area contributed by atoms with Crippen molar-refractivity contribution in [3.8, 4) is 0 Å². The van der Waals surface area contributed by atoms with Crippen molar-refractivity contribution in [2.75, 3.05) is 6.26 Å². The summed E-state index contributed by atoms with van der Waals surface area (Å²) in [4.78, 5) is 48.1. The van der Waals surface area contributed by atoms with Crippen molar-refractivity contribution in [2.24, 2.45) is 0 Å². The van der Waals surface area contributed by atoms with Gasteiger partial charge < -0.3 is 0 Å². The van der Waals surface area contributed by atoms with E-state index in [0.717, 1.165) is 4.90 Å². The van der Waals surface area contributed by atoms with Gasteiger partial charge in [0, 0.05) is 6.42 Å². The molecule has 1 aromatic carbocycles.